The normalized spacial score (nSPS) is 11.1. The van der Waals surface area contributed by atoms with Crippen molar-refractivity contribution >= 4 is 11.3 Å². The summed E-state index contributed by atoms with van der Waals surface area (Å²) in [6.07, 6.45) is 3.05. The SMILES string of the molecule is Nc1cnn2ncn(N(CCO)CCO)c12. The lowest BCUT2D eigenvalue weighted by Gasteiger charge is -2.23. The van der Waals surface area contributed by atoms with Crippen LogP contribution >= 0.6 is 0 Å². The van der Waals surface area contributed by atoms with Gasteiger partial charge in [0.1, 0.15) is 6.33 Å². The first-order chi connectivity index (χ1) is 7.77. The van der Waals surface area contributed by atoms with Gasteiger partial charge in [0.05, 0.1) is 38.2 Å². The third kappa shape index (κ3) is 1.68. The Kier molecular flexibility index (Phi) is 2.93. The van der Waals surface area contributed by atoms with E-state index in [1.165, 1.54) is 10.8 Å². The van der Waals surface area contributed by atoms with E-state index in [0.717, 1.165) is 0 Å². The summed E-state index contributed by atoms with van der Waals surface area (Å²) >= 11 is 0. The van der Waals surface area contributed by atoms with Gasteiger partial charge in [0.15, 0.2) is 5.65 Å². The van der Waals surface area contributed by atoms with Crippen LogP contribution in [-0.2, 0) is 0 Å². The highest BCUT2D eigenvalue weighted by Gasteiger charge is 2.12. The summed E-state index contributed by atoms with van der Waals surface area (Å²) in [7, 11) is 0. The fourth-order valence-corrected chi connectivity index (χ4v) is 1.57. The predicted molar refractivity (Wildman–Crippen MR) is 57.5 cm³/mol. The van der Waals surface area contributed by atoms with Gasteiger partial charge in [-0.1, -0.05) is 0 Å². The first kappa shape index (κ1) is 10.7. The minimum absolute atomic E-state index is 0.0155. The van der Waals surface area contributed by atoms with E-state index in [0.29, 0.717) is 24.4 Å². The van der Waals surface area contributed by atoms with Crippen molar-refractivity contribution in [2.24, 2.45) is 0 Å². The number of nitrogens with two attached hydrogens (primary N) is 1. The van der Waals surface area contributed by atoms with E-state index in [2.05, 4.69) is 10.2 Å². The Hall–Kier alpha value is -1.80. The summed E-state index contributed by atoms with van der Waals surface area (Å²) in [5, 5.41) is 27.6. The zero-order valence-electron chi connectivity index (χ0n) is 8.69. The summed E-state index contributed by atoms with van der Waals surface area (Å²) in [5.74, 6) is 0. The number of rotatable bonds is 5. The van der Waals surface area contributed by atoms with Gasteiger partial charge in [-0.05, 0) is 0 Å². The number of fused-ring (bicyclic) bond motifs is 1. The number of nitrogen functional groups attached to an aromatic ring is 1. The number of hydrogen-bond donors (Lipinski definition) is 3. The molecule has 16 heavy (non-hydrogen) atoms. The maximum atomic E-state index is 8.94. The second kappa shape index (κ2) is 4.37. The lowest BCUT2D eigenvalue weighted by atomic mass is 10.5. The van der Waals surface area contributed by atoms with Crippen molar-refractivity contribution in [3.05, 3.63) is 12.5 Å². The fraction of sp³-hybridized carbons (Fsp3) is 0.500. The van der Waals surface area contributed by atoms with Crippen LogP contribution in [0.4, 0.5) is 5.69 Å². The molecule has 0 aliphatic carbocycles. The van der Waals surface area contributed by atoms with Crippen LogP contribution in [0.2, 0.25) is 0 Å². The van der Waals surface area contributed by atoms with Crippen molar-refractivity contribution in [1.29, 1.82) is 0 Å². The Morgan fingerprint density at radius 3 is 2.56 bits per heavy atom. The smallest absolute Gasteiger partial charge is 0.200 e. The number of aliphatic hydroxyl groups is 2. The molecule has 0 unspecified atom stereocenters. The Labute approximate surface area is 91.5 Å². The molecule has 2 aromatic heterocycles. The summed E-state index contributed by atoms with van der Waals surface area (Å²) < 4.78 is 3.08. The van der Waals surface area contributed by atoms with Gasteiger partial charge in [0.2, 0.25) is 0 Å². The quantitative estimate of drug-likeness (QED) is 0.546. The number of aliphatic hydroxyl groups excluding tert-OH is 2. The largest absolute Gasteiger partial charge is 0.394 e. The van der Waals surface area contributed by atoms with Crippen LogP contribution in [0.5, 0.6) is 0 Å². The maximum Gasteiger partial charge on any atom is 0.200 e. The van der Waals surface area contributed by atoms with Gasteiger partial charge in [-0.3, -0.25) is 0 Å². The van der Waals surface area contributed by atoms with Crippen LogP contribution in [0.15, 0.2) is 12.5 Å². The van der Waals surface area contributed by atoms with E-state index in [4.69, 9.17) is 15.9 Å². The second-order valence-electron chi connectivity index (χ2n) is 3.29. The van der Waals surface area contributed by atoms with Gasteiger partial charge in [0.25, 0.3) is 0 Å². The Bertz CT molecular complexity index is 458. The number of hydrogen-bond acceptors (Lipinski definition) is 6. The van der Waals surface area contributed by atoms with Gasteiger partial charge in [-0.25, -0.2) is 4.68 Å². The van der Waals surface area contributed by atoms with Gasteiger partial charge >= 0.3 is 0 Å². The fourth-order valence-electron chi connectivity index (χ4n) is 1.57. The molecule has 0 bridgehead atoms. The Balaban J connectivity index is 2.38. The highest BCUT2D eigenvalue weighted by atomic mass is 16.3. The van der Waals surface area contributed by atoms with E-state index in [9.17, 15) is 0 Å². The van der Waals surface area contributed by atoms with Gasteiger partial charge in [-0.2, -0.15) is 5.10 Å². The van der Waals surface area contributed by atoms with E-state index < -0.39 is 0 Å². The van der Waals surface area contributed by atoms with Crippen LogP contribution in [0.25, 0.3) is 5.65 Å². The molecule has 0 atom stereocenters. The lowest BCUT2D eigenvalue weighted by Crippen LogP contribution is -2.39. The minimum atomic E-state index is -0.0155. The summed E-state index contributed by atoms with van der Waals surface area (Å²) in [4.78, 5) is 0. The molecule has 88 valence electrons. The molecule has 0 aliphatic heterocycles. The molecule has 0 fully saturated rings. The third-order valence-corrected chi connectivity index (χ3v) is 2.26. The molecule has 0 saturated heterocycles. The van der Waals surface area contributed by atoms with Crippen LogP contribution in [0, 0.1) is 0 Å². The van der Waals surface area contributed by atoms with Crippen molar-refractivity contribution < 1.29 is 10.2 Å². The van der Waals surface area contributed by atoms with Gasteiger partial charge in [0, 0.05) is 0 Å². The highest BCUT2D eigenvalue weighted by molar-refractivity contribution is 5.63. The molecular formula is C8H14N6O2. The third-order valence-electron chi connectivity index (χ3n) is 2.26. The molecule has 4 N–H and O–H groups in total. The standard InChI is InChI=1S/C8H14N6O2/c9-7-5-10-14-8(7)13(6-11-14)12(1-3-15)2-4-16/h5-6,15-16H,1-4,9H2. The summed E-state index contributed by atoms with van der Waals surface area (Å²) in [6, 6.07) is 0. The minimum Gasteiger partial charge on any atom is -0.394 e. The Morgan fingerprint density at radius 1 is 1.25 bits per heavy atom. The number of aromatic nitrogens is 4. The van der Waals surface area contributed by atoms with Crippen LogP contribution in [0.3, 0.4) is 0 Å². The molecule has 0 amide bonds. The zero-order chi connectivity index (χ0) is 11.5. The summed E-state index contributed by atoms with van der Waals surface area (Å²) in [6.45, 7) is 0.741. The van der Waals surface area contributed by atoms with Crippen molar-refractivity contribution in [1.82, 2.24) is 19.5 Å². The number of nitrogens with zero attached hydrogens (tertiary/aromatic N) is 5. The van der Waals surface area contributed by atoms with Crippen molar-refractivity contribution in [3.8, 4) is 0 Å². The van der Waals surface area contributed by atoms with E-state index in [-0.39, 0.29) is 13.2 Å². The van der Waals surface area contributed by atoms with Gasteiger partial charge in [-0.15, -0.1) is 9.73 Å². The molecule has 0 saturated carbocycles. The molecular weight excluding hydrogens is 212 g/mol. The molecule has 8 nitrogen and oxygen atoms in total. The summed E-state index contributed by atoms with van der Waals surface area (Å²) in [5.41, 5.74) is 6.88. The van der Waals surface area contributed by atoms with Crippen LogP contribution in [0.1, 0.15) is 0 Å². The lowest BCUT2D eigenvalue weighted by molar-refractivity contribution is 0.266. The average Bonchev–Trinajstić information content (AvgIpc) is 2.82. The van der Waals surface area contributed by atoms with Crippen molar-refractivity contribution in [3.63, 3.8) is 0 Å². The van der Waals surface area contributed by atoms with E-state index >= 15 is 0 Å². The molecule has 2 rings (SSSR count). The molecule has 0 aliphatic rings. The monoisotopic (exact) mass is 226 g/mol. The van der Waals surface area contributed by atoms with E-state index in [1.807, 2.05) is 0 Å². The van der Waals surface area contributed by atoms with Crippen molar-refractivity contribution in [2.45, 2.75) is 0 Å². The molecule has 8 heteroatoms. The topological polar surface area (TPSA) is 105 Å². The number of anilines is 1. The molecule has 2 aromatic rings. The highest BCUT2D eigenvalue weighted by Crippen LogP contribution is 2.11. The maximum absolute atomic E-state index is 8.94. The van der Waals surface area contributed by atoms with Crippen LogP contribution < -0.4 is 10.7 Å². The predicted octanol–water partition coefficient (Wildman–Crippen LogP) is -1.96. The second-order valence-corrected chi connectivity index (χ2v) is 3.29. The average molecular weight is 226 g/mol. The van der Waals surface area contributed by atoms with Gasteiger partial charge < -0.3 is 21.0 Å². The Morgan fingerprint density at radius 2 is 1.94 bits per heavy atom. The molecule has 2 heterocycles. The molecule has 0 radical (unpaired) electrons. The molecule has 0 spiro atoms. The van der Waals surface area contributed by atoms with Crippen molar-refractivity contribution in [2.75, 3.05) is 37.0 Å². The first-order valence-corrected chi connectivity index (χ1v) is 4.91. The first-order valence-electron chi connectivity index (χ1n) is 4.91. The van der Waals surface area contributed by atoms with E-state index in [1.54, 1.807) is 16.0 Å². The van der Waals surface area contributed by atoms with Crippen LogP contribution in [-0.4, -0.2) is 56.0 Å². The molecule has 0 aromatic carbocycles. The zero-order valence-corrected chi connectivity index (χ0v) is 8.69.